The lowest BCUT2D eigenvalue weighted by molar-refractivity contribution is 0.0929. The Morgan fingerprint density at radius 2 is 1.96 bits per heavy atom. The van der Waals surface area contributed by atoms with Crippen LogP contribution in [0.1, 0.15) is 35.6 Å². The molecule has 3 heterocycles. The highest BCUT2D eigenvalue weighted by atomic mass is 79.9. The molecule has 0 aliphatic carbocycles. The third-order valence-corrected chi connectivity index (χ3v) is 4.83. The lowest BCUT2D eigenvalue weighted by Crippen LogP contribution is -2.28. The molecule has 2 aromatic heterocycles. The summed E-state index contributed by atoms with van der Waals surface area (Å²) in [5, 5.41) is 4.81. The van der Waals surface area contributed by atoms with Crippen LogP contribution in [0.2, 0.25) is 0 Å². The number of carbonyl (C=O) groups excluding carboxylic acids is 1. The summed E-state index contributed by atoms with van der Waals surface area (Å²) in [7, 11) is 0. The van der Waals surface area contributed by atoms with Crippen LogP contribution >= 0.6 is 15.9 Å². The van der Waals surface area contributed by atoms with Gasteiger partial charge in [-0.05, 0) is 49.6 Å². The zero-order valence-corrected chi connectivity index (χ0v) is 15.7. The Bertz CT molecular complexity index is 954. The van der Waals surface area contributed by atoms with E-state index in [2.05, 4.69) is 31.4 Å². The normalized spacial score (nSPS) is 15.0. The first-order valence-electron chi connectivity index (χ1n) is 8.56. The van der Waals surface area contributed by atoms with Gasteiger partial charge in [0.2, 0.25) is 0 Å². The molecule has 4 rings (SSSR count). The lowest BCUT2D eigenvalue weighted by atomic mass is 10.1. The van der Waals surface area contributed by atoms with E-state index in [4.69, 9.17) is 8.83 Å². The van der Waals surface area contributed by atoms with E-state index in [9.17, 15) is 4.79 Å². The summed E-state index contributed by atoms with van der Waals surface area (Å²) in [6.45, 7) is 2.03. The van der Waals surface area contributed by atoms with Gasteiger partial charge in [-0.15, -0.1) is 0 Å². The van der Waals surface area contributed by atoms with E-state index in [0.29, 0.717) is 11.3 Å². The second-order valence-electron chi connectivity index (χ2n) is 6.22. The van der Waals surface area contributed by atoms with Gasteiger partial charge in [0.05, 0.1) is 6.21 Å². The summed E-state index contributed by atoms with van der Waals surface area (Å²) in [6, 6.07) is 11.0. The van der Waals surface area contributed by atoms with E-state index in [-0.39, 0.29) is 5.76 Å². The third kappa shape index (κ3) is 3.67. The molecule has 0 saturated carbocycles. The van der Waals surface area contributed by atoms with Crippen molar-refractivity contribution >= 4 is 44.9 Å². The fourth-order valence-electron chi connectivity index (χ4n) is 3.03. The second kappa shape index (κ2) is 7.37. The molecule has 1 aliphatic heterocycles. The number of rotatable bonds is 4. The van der Waals surface area contributed by atoms with Crippen molar-refractivity contribution in [3.05, 3.63) is 52.4 Å². The van der Waals surface area contributed by atoms with Gasteiger partial charge in [0.15, 0.2) is 11.6 Å². The number of hydrogen-bond acceptors (Lipinski definition) is 5. The summed E-state index contributed by atoms with van der Waals surface area (Å²) in [5.41, 5.74) is 3.12. The van der Waals surface area contributed by atoms with Gasteiger partial charge in [0, 0.05) is 29.0 Å². The average Bonchev–Trinajstić information content (AvgIpc) is 3.29. The highest BCUT2D eigenvalue weighted by Gasteiger charge is 2.14. The van der Waals surface area contributed by atoms with Gasteiger partial charge < -0.3 is 13.7 Å². The standard InChI is InChI=1S/C19H18BrN3O3/c20-14-4-6-16-13(10-14)11-17(26-16)19(24)22-21-12-15-5-7-18(25-15)23-8-2-1-3-9-23/h4-7,10-12H,1-3,8-9H2,(H,22,24)/b21-12+. The van der Waals surface area contributed by atoms with Crippen LogP contribution in [0.3, 0.4) is 0 Å². The number of nitrogens with zero attached hydrogens (tertiary/aromatic N) is 2. The zero-order valence-electron chi connectivity index (χ0n) is 14.1. The van der Waals surface area contributed by atoms with Crippen LogP contribution in [0.5, 0.6) is 0 Å². The monoisotopic (exact) mass is 415 g/mol. The summed E-state index contributed by atoms with van der Waals surface area (Å²) in [4.78, 5) is 14.4. The Balaban J connectivity index is 1.39. The fourth-order valence-corrected chi connectivity index (χ4v) is 3.41. The maximum Gasteiger partial charge on any atom is 0.307 e. The molecule has 26 heavy (non-hydrogen) atoms. The van der Waals surface area contributed by atoms with Crippen LogP contribution in [-0.4, -0.2) is 25.2 Å². The maximum absolute atomic E-state index is 12.2. The molecule has 1 aliphatic rings. The van der Waals surface area contributed by atoms with E-state index >= 15 is 0 Å². The van der Waals surface area contributed by atoms with Gasteiger partial charge in [0.25, 0.3) is 0 Å². The molecule has 1 saturated heterocycles. The number of piperidine rings is 1. The first-order valence-corrected chi connectivity index (χ1v) is 9.36. The molecule has 1 aromatic carbocycles. The fraction of sp³-hybridized carbons (Fsp3) is 0.263. The van der Waals surface area contributed by atoms with Gasteiger partial charge in [0.1, 0.15) is 11.3 Å². The van der Waals surface area contributed by atoms with E-state index in [0.717, 1.165) is 28.8 Å². The molecular weight excluding hydrogens is 398 g/mol. The van der Waals surface area contributed by atoms with Gasteiger partial charge >= 0.3 is 5.91 Å². The van der Waals surface area contributed by atoms with Crippen molar-refractivity contribution in [2.75, 3.05) is 18.0 Å². The minimum atomic E-state index is -0.406. The molecule has 0 spiro atoms. The second-order valence-corrected chi connectivity index (χ2v) is 7.13. The van der Waals surface area contributed by atoms with Crippen LogP contribution in [0, 0.1) is 0 Å². The van der Waals surface area contributed by atoms with Gasteiger partial charge in [-0.25, -0.2) is 5.43 Å². The number of halogens is 1. The zero-order chi connectivity index (χ0) is 17.9. The number of furan rings is 2. The SMILES string of the molecule is O=C(N/N=C/c1ccc(N2CCCCC2)o1)c1cc2cc(Br)ccc2o1. The number of fused-ring (bicyclic) bond motifs is 1. The Labute approximate surface area is 159 Å². The highest BCUT2D eigenvalue weighted by molar-refractivity contribution is 9.10. The molecule has 1 amide bonds. The Hall–Kier alpha value is -2.54. The molecule has 134 valence electrons. The number of benzene rings is 1. The molecule has 1 fully saturated rings. The molecule has 6 nitrogen and oxygen atoms in total. The summed E-state index contributed by atoms with van der Waals surface area (Å²) in [6.07, 6.45) is 5.14. The van der Waals surface area contributed by atoms with E-state index in [1.807, 2.05) is 30.3 Å². The van der Waals surface area contributed by atoms with Crippen molar-refractivity contribution in [1.29, 1.82) is 0 Å². The topological polar surface area (TPSA) is 71.0 Å². The van der Waals surface area contributed by atoms with Crippen molar-refractivity contribution < 1.29 is 13.6 Å². The quantitative estimate of drug-likeness (QED) is 0.501. The average molecular weight is 416 g/mol. The third-order valence-electron chi connectivity index (χ3n) is 4.34. The number of anilines is 1. The highest BCUT2D eigenvalue weighted by Crippen LogP contribution is 2.23. The molecule has 0 atom stereocenters. The molecule has 0 unspecified atom stereocenters. The predicted molar refractivity (Wildman–Crippen MR) is 104 cm³/mol. The van der Waals surface area contributed by atoms with Gasteiger partial charge in [-0.1, -0.05) is 15.9 Å². The summed E-state index contributed by atoms with van der Waals surface area (Å²) >= 11 is 3.40. The van der Waals surface area contributed by atoms with Crippen LogP contribution in [-0.2, 0) is 0 Å². The van der Waals surface area contributed by atoms with Crippen molar-refractivity contribution in [3.8, 4) is 0 Å². The van der Waals surface area contributed by atoms with E-state index < -0.39 is 5.91 Å². The molecule has 0 radical (unpaired) electrons. The number of hydrazone groups is 1. The number of nitrogens with one attached hydrogen (secondary N) is 1. The summed E-state index contributed by atoms with van der Waals surface area (Å²) in [5.74, 6) is 1.25. The number of hydrogen-bond donors (Lipinski definition) is 1. The molecular formula is C19H18BrN3O3. The molecule has 3 aromatic rings. The Morgan fingerprint density at radius 3 is 2.81 bits per heavy atom. The van der Waals surface area contributed by atoms with Crippen molar-refractivity contribution in [2.24, 2.45) is 5.10 Å². The van der Waals surface area contributed by atoms with Crippen LogP contribution in [0.25, 0.3) is 11.0 Å². The Kier molecular flexibility index (Phi) is 4.79. The van der Waals surface area contributed by atoms with Crippen molar-refractivity contribution in [3.63, 3.8) is 0 Å². The smallest absolute Gasteiger partial charge is 0.307 e. The van der Waals surface area contributed by atoms with Crippen LogP contribution in [0.4, 0.5) is 5.88 Å². The van der Waals surface area contributed by atoms with Gasteiger partial charge in [-0.3, -0.25) is 4.79 Å². The van der Waals surface area contributed by atoms with Gasteiger partial charge in [-0.2, -0.15) is 5.10 Å². The van der Waals surface area contributed by atoms with Crippen LogP contribution < -0.4 is 10.3 Å². The number of carbonyl (C=O) groups is 1. The lowest BCUT2D eigenvalue weighted by Gasteiger charge is -2.25. The van der Waals surface area contributed by atoms with E-state index in [1.165, 1.54) is 25.5 Å². The van der Waals surface area contributed by atoms with E-state index in [1.54, 1.807) is 6.07 Å². The minimum absolute atomic E-state index is 0.212. The molecule has 1 N–H and O–H groups in total. The molecule has 7 heteroatoms. The first kappa shape index (κ1) is 16.9. The largest absolute Gasteiger partial charge is 0.451 e. The minimum Gasteiger partial charge on any atom is -0.451 e. The maximum atomic E-state index is 12.2. The summed E-state index contributed by atoms with van der Waals surface area (Å²) < 4.78 is 12.2. The Morgan fingerprint density at radius 1 is 1.12 bits per heavy atom. The molecule has 0 bridgehead atoms. The predicted octanol–water partition coefficient (Wildman–Crippen LogP) is 4.54. The van der Waals surface area contributed by atoms with Crippen LogP contribution in [0.15, 0.2) is 54.8 Å². The number of amides is 1. The first-order chi connectivity index (χ1) is 12.7. The van der Waals surface area contributed by atoms with Crippen molar-refractivity contribution in [1.82, 2.24) is 5.43 Å². The van der Waals surface area contributed by atoms with Crippen molar-refractivity contribution in [2.45, 2.75) is 19.3 Å².